The van der Waals surface area contributed by atoms with Crippen molar-refractivity contribution in [2.45, 2.75) is 38.3 Å². The van der Waals surface area contributed by atoms with Crippen LogP contribution in [0.5, 0.6) is 0 Å². The summed E-state index contributed by atoms with van der Waals surface area (Å²) in [6.45, 7) is 2.63. The summed E-state index contributed by atoms with van der Waals surface area (Å²) in [5.74, 6) is -0.844. The van der Waals surface area contributed by atoms with Crippen molar-refractivity contribution < 1.29 is 38.0 Å². The number of methoxy groups -OCH3 is 4. The summed E-state index contributed by atoms with van der Waals surface area (Å²) in [4.78, 5) is 21.9. The molecule has 0 fully saturated rings. The molecule has 22 heavy (non-hydrogen) atoms. The second-order valence-electron chi connectivity index (χ2n) is 4.55. The second-order valence-corrected chi connectivity index (χ2v) is 4.55. The summed E-state index contributed by atoms with van der Waals surface area (Å²) in [6, 6.07) is 0. The van der Waals surface area contributed by atoms with Crippen LogP contribution in [-0.2, 0) is 38.0 Å². The molecule has 0 bridgehead atoms. The summed E-state index contributed by atoms with van der Waals surface area (Å²) in [5.41, 5.74) is 0. The zero-order valence-corrected chi connectivity index (χ0v) is 14.0. The van der Waals surface area contributed by atoms with Crippen LogP contribution in [0.25, 0.3) is 0 Å². The Labute approximate surface area is 130 Å². The number of carbonyl (C=O) groups is 2. The van der Waals surface area contributed by atoms with E-state index < -0.39 is 36.4 Å². The van der Waals surface area contributed by atoms with Crippen molar-refractivity contribution in [3.8, 4) is 0 Å². The van der Waals surface area contributed by atoms with Crippen LogP contribution in [0, 0.1) is 0 Å². The largest absolute Gasteiger partial charge is 0.463 e. The Bertz CT molecular complexity index is 301. The van der Waals surface area contributed by atoms with E-state index in [1.807, 2.05) is 0 Å². The lowest BCUT2D eigenvalue weighted by Gasteiger charge is -2.34. The lowest BCUT2D eigenvalue weighted by atomic mass is 10.0. The highest BCUT2D eigenvalue weighted by Gasteiger charge is 2.37. The molecule has 0 saturated heterocycles. The lowest BCUT2D eigenvalue weighted by Crippen LogP contribution is -2.51. The topological polar surface area (TPSA) is 89.5 Å². The van der Waals surface area contributed by atoms with Gasteiger partial charge in [-0.05, 0) is 0 Å². The van der Waals surface area contributed by atoms with Crippen molar-refractivity contribution in [2.75, 3.05) is 41.7 Å². The molecule has 130 valence electrons. The van der Waals surface area contributed by atoms with Crippen LogP contribution < -0.4 is 0 Å². The second kappa shape index (κ2) is 11.4. The van der Waals surface area contributed by atoms with Crippen LogP contribution >= 0.6 is 0 Å². The molecular formula is C14H26O8. The van der Waals surface area contributed by atoms with E-state index in [4.69, 9.17) is 28.4 Å². The minimum absolute atomic E-state index is 0.00813. The van der Waals surface area contributed by atoms with Gasteiger partial charge in [0.2, 0.25) is 0 Å². The SMILES string of the molecule is COC(COC(C)=O)C(OC)C(OC)C(COC(C)=O)OC. The summed E-state index contributed by atoms with van der Waals surface area (Å²) >= 11 is 0. The van der Waals surface area contributed by atoms with Gasteiger partial charge >= 0.3 is 11.9 Å². The van der Waals surface area contributed by atoms with E-state index in [9.17, 15) is 9.59 Å². The third-order valence-corrected chi connectivity index (χ3v) is 3.11. The summed E-state index contributed by atoms with van der Waals surface area (Å²) in [5, 5.41) is 0. The Kier molecular flexibility index (Phi) is 10.7. The number of hydrogen-bond donors (Lipinski definition) is 0. The smallest absolute Gasteiger partial charge is 0.302 e. The standard InChI is InChI=1S/C14H26O8/c1-9(15)21-7-11(17-3)13(19-5)14(20-6)12(18-4)8-22-10(2)16/h11-14H,7-8H2,1-6H3. The van der Waals surface area contributed by atoms with Gasteiger partial charge in [0.05, 0.1) is 0 Å². The maximum Gasteiger partial charge on any atom is 0.302 e. The molecule has 0 spiro atoms. The molecule has 0 heterocycles. The number of rotatable bonds is 11. The number of carbonyl (C=O) groups excluding carboxylic acids is 2. The molecule has 0 rings (SSSR count). The fourth-order valence-corrected chi connectivity index (χ4v) is 1.99. The monoisotopic (exact) mass is 322 g/mol. The van der Waals surface area contributed by atoms with Gasteiger partial charge in [0.15, 0.2) is 0 Å². The zero-order valence-electron chi connectivity index (χ0n) is 14.0. The first kappa shape index (κ1) is 20.8. The Balaban J connectivity index is 4.98. The molecule has 0 aromatic rings. The first-order valence-corrected chi connectivity index (χ1v) is 6.79. The minimum atomic E-state index is -0.588. The molecule has 4 atom stereocenters. The van der Waals surface area contributed by atoms with Crippen molar-refractivity contribution in [3.63, 3.8) is 0 Å². The van der Waals surface area contributed by atoms with Gasteiger partial charge in [0, 0.05) is 42.3 Å². The van der Waals surface area contributed by atoms with E-state index in [2.05, 4.69) is 0 Å². The summed E-state index contributed by atoms with van der Waals surface area (Å²) in [6.07, 6.45) is -2.30. The predicted octanol–water partition coefficient (Wildman–Crippen LogP) is 0.173. The van der Waals surface area contributed by atoms with Gasteiger partial charge < -0.3 is 28.4 Å². The van der Waals surface area contributed by atoms with Crippen molar-refractivity contribution in [2.24, 2.45) is 0 Å². The van der Waals surface area contributed by atoms with E-state index in [-0.39, 0.29) is 13.2 Å². The Morgan fingerprint density at radius 1 is 0.682 bits per heavy atom. The lowest BCUT2D eigenvalue weighted by molar-refractivity contribution is -0.178. The molecule has 0 aliphatic heterocycles. The van der Waals surface area contributed by atoms with E-state index in [0.29, 0.717) is 0 Å². The molecule has 0 aliphatic carbocycles. The Morgan fingerprint density at radius 2 is 1.00 bits per heavy atom. The maximum atomic E-state index is 10.9. The Hall–Kier alpha value is -1.22. The van der Waals surface area contributed by atoms with Crippen LogP contribution in [0.4, 0.5) is 0 Å². The molecule has 0 radical (unpaired) electrons. The van der Waals surface area contributed by atoms with Gasteiger partial charge in [0.1, 0.15) is 37.6 Å². The summed E-state index contributed by atoms with van der Waals surface area (Å²) in [7, 11) is 5.91. The zero-order chi connectivity index (χ0) is 17.1. The average Bonchev–Trinajstić information content (AvgIpc) is 2.48. The quantitative estimate of drug-likeness (QED) is 0.497. The molecule has 8 nitrogen and oxygen atoms in total. The van der Waals surface area contributed by atoms with Crippen LogP contribution in [0.1, 0.15) is 13.8 Å². The predicted molar refractivity (Wildman–Crippen MR) is 76.5 cm³/mol. The fourth-order valence-electron chi connectivity index (χ4n) is 1.99. The first-order chi connectivity index (χ1) is 10.4. The summed E-state index contributed by atoms with van der Waals surface area (Å²) < 4.78 is 31.4. The highest BCUT2D eigenvalue weighted by atomic mass is 16.6. The molecule has 0 saturated carbocycles. The molecule has 0 aliphatic rings. The van der Waals surface area contributed by atoms with Crippen molar-refractivity contribution in [1.29, 1.82) is 0 Å². The van der Waals surface area contributed by atoms with Crippen LogP contribution in [0.3, 0.4) is 0 Å². The molecule has 4 unspecified atom stereocenters. The third-order valence-electron chi connectivity index (χ3n) is 3.11. The molecule has 0 aromatic carbocycles. The highest BCUT2D eigenvalue weighted by Crippen LogP contribution is 2.17. The maximum absolute atomic E-state index is 10.9. The van der Waals surface area contributed by atoms with Gasteiger partial charge in [0.25, 0.3) is 0 Å². The molecular weight excluding hydrogens is 296 g/mol. The van der Waals surface area contributed by atoms with Crippen LogP contribution in [0.2, 0.25) is 0 Å². The third kappa shape index (κ3) is 7.17. The van der Waals surface area contributed by atoms with Crippen LogP contribution in [-0.4, -0.2) is 78.0 Å². The van der Waals surface area contributed by atoms with Crippen molar-refractivity contribution in [3.05, 3.63) is 0 Å². The minimum Gasteiger partial charge on any atom is -0.463 e. The van der Waals surface area contributed by atoms with Gasteiger partial charge in [-0.25, -0.2) is 0 Å². The Morgan fingerprint density at radius 3 is 1.18 bits per heavy atom. The molecule has 0 amide bonds. The van der Waals surface area contributed by atoms with E-state index in [1.54, 1.807) is 0 Å². The first-order valence-electron chi connectivity index (χ1n) is 6.79. The van der Waals surface area contributed by atoms with E-state index in [0.717, 1.165) is 0 Å². The van der Waals surface area contributed by atoms with E-state index >= 15 is 0 Å². The number of hydrogen-bond acceptors (Lipinski definition) is 8. The number of ether oxygens (including phenoxy) is 6. The van der Waals surface area contributed by atoms with Gasteiger partial charge in [-0.3, -0.25) is 9.59 Å². The van der Waals surface area contributed by atoms with Gasteiger partial charge in [-0.15, -0.1) is 0 Å². The van der Waals surface area contributed by atoms with Gasteiger partial charge in [-0.2, -0.15) is 0 Å². The fraction of sp³-hybridized carbons (Fsp3) is 0.857. The van der Waals surface area contributed by atoms with Crippen molar-refractivity contribution in [1.82, 2.24) is 0 Å². The number of esters is 2. The normalized spacial score (nSPS) is 16.5. The molecule has 8 heteroatoms. The highest BCUT2D eigenvalue weighted by molar-refractivity contribution is 5.66. The average molecular weight is 322 g/mol. The van der Waals surface area contributed by atoms with Gasteiger partial charge in [-0.1, -0.05) is 0 Å². The molecule has 0 N–H and O–H groups in total. The van der Waals surface area contributed by atoms with Crippen LogP contribution in [0.15, 0.2) is 0 Å². The van der Waals surface area contributed by atoms with E-state index in [1.165, 1.54) is 42.3 Å². The van der Waals surface area contributed by atoms with Crippen molar-refractivity contribution >= 4 is 11.9 Å². The molecule has 0 aromatic heterocycles.